The first-order valence-corrected chi connectivity index (χ1v) is 9.48. The van der Waals surface area contributed by atoms with Gasteiger partial charge in [0.2, 0.25) is 5.91 Å². The number of halogens is 1. The summed E-state index contributed by atoms with van der Waals surface area (Å²) in [5.74, 6) is 0.765. The number of carbonyl (C=O) groups excluding carboxylic acids is 1. The van der Waals surface area contributed by atoms with Gasteiger partial charge in [0.25, 0.3) is 0 Å². The molecule has 0 saturated heterocycles. The highest BCUT2D eigenvalue weighted by molar-refractivity contribution is 7.99. The van der Waals surface area contributed by atoms with Gasteiger partial charge in [0.15, 0.2) is 16.6 Å². The second kappa shape index (κ2) is 8.52. The number of amidine groups is 1. The minimum Gasteiger partial charge on any atom is -0.355 e. The van der Waals surface area contributed by atoms with E-state index in [0.717, 1.165) is 16.1 Å². The quantitative estimate of drug-likeness (QED) is 0.217. The molecule has 0 aliphatic heterocycles. The van der Waals surface area contributed by atoms with Crippen molar-refractivity contribution in [1.29, 1.82) is 0 Å². The number of hydrogen-bond acceptors (Lipinski definition) is 7. The van der Waals surface area contributed by atoms with Gasteiger partial charge in [-0.25, -0.2) is 4.63 Å². The van der Waals surface area contributed by atoms with E-state index in [9.17, 15) is 10.0 Å². The number of aromatic nitrogens is 2. The van der Waals surface area contributed by atoms with Gasteiger partial charge in [-0.2, -0.15) is 0 Å². The summed E-state index contributed by atoms with van der Waals surface area (Å²) in [4.78, 5) is 15.7. The number of nitrogens with one attached hydrogen (secondary N) is 2. The van der Waals surface area contributed by atoms with Crippen molar-refractivity contribution in [1.82, 2.24) is 21.1 Å². The first-order valence-electron chi connectivity index (χ1n) is 8.11. The van der Waals surface area contributed by atoms with Gasteiger partial charge in [0, 0.05) is 30.2 Å². The van der Waals surface area contributed by atoms with E-state index in [2.05, 4.69) is 26.1 Å². The summed E-state index contributed by atoms with van der Waals surface area (Å²) < 4.78 is 4.79. The van der Waals surface area contributed by atoms with Crippen molar-refractivity contribution in [2.75, 3.05) is 12.3 Å². The molecule has 8 nitrogen and oxygen atoms in total. The van der Waals surface area contributed by atoms with E-state index in [-0.39, 0.29) is 17.8 Å². The van der Waals surface area contributed by atoms with Crippen LogP contribution < -0.4 is 10.8 Å². The van der Waals surface area contributed by atoms with Crippen molar-refractivity contribution in [3.8, 4) is 0 Å². The van der Waals surface area contributed by atoms with Crippen molar-refractivity contribution in [2.45, 2.75) is 30.8 Å². The first kappa shape index (κ1) is 18.7. The van der Waals surface area contributed by atoms with Crippen LogP contribution in [0.3, 0.4) is 0 Å². The minimum atomic E-state index is -0.114. The van der Waals surface area contributed by atoms with Gasteiger partial charge >= 0.3 is 0 Å². The summed E-state index contributed by atoms with van der Waals surface area (Å²) in [5.41, 5.74) is 4.50. The monoisotopic (exact) mass is 395 g/mol. The third-order valence-corrected chi connectivity index (χ3v) is 5.27. The Morgan fingerprint density at radius 1 is 1.50 bits per heavy atom. The largest absolute Gasteiger partial charge is 0.355 e. The second-order valence-corrected chi connectivity index (χ2v) is 7.08. The smallest absolute Gasteiger partial charge is 0.219 e. The zero-order chi connectivity index (χ0) is 18.5. The maximum atomic E-state index is 11.2. The summed E-state index contributed by atoms with van der Waals surface area (Å²) >= 11 is 7.50. The van der Waals surface area contributed by atoms with Crippen LogP contribution in [0.2, 0.25) is 5.02 Å². The van der Waals surface area contributed by atoms with Crippen LogP contribution in [0.5, 0.6) is 0 Å². The summed E-state index contributed by atoms with van der Waals surface area (Å²) in [7, 11) is 0. The van der Waals surface area contributed by atoms with Gasteiger partial charge in [-0.05, 0) is 27.5 Å². The molecule has 0 saturated carbocycles. The van der Waals surface area contributed by atoms with Crippen LogP contribution in [0.1, 0.15) is 36.2 Å². The highest BCUT2D eigenvalue weighted by atomic mass is 35.5. The molecular formula is C16H18ClN5O3S. The Morgan fingerprint density at radius 2 is 2.35 bits per heavy atom. The fourth-order valence-corrected chi connectivity index (χ4v) is 3.59. The maximum absolute atomic E-state index is 11.2. The molecule has 1 aromatic carbocycles. The SMILES string of the molecule is CCC(=O)NCCSc1nonc1C(=NC1Cc2c(Cl)cccc21)NO. The number of carbonyl (C=O) groups is 1. The summed E-state index contributed by atoms with van der Waals surface area (Å²) in [6, 6.07) is 5.57. The number of nitrogens with zero attached hydrogens (tertiary/aromatic N) is 3. The number of rotatable bonds is 7. The Labute approximate surface area is 159 Å². The highest BCUT2D eigenvalue weighted by Crippen LogP contribution is 2.40. The van der Waals surface area contributed by atoms with Gasteiger partial charge in [-0.15, -0.1) is 0 Å². The Morgan fingerprint density at radius 3 is 3.12 bits per heavy atom. The zero-order valence-electron chi connectivity index (χ0n) is 14.0. The lowest BCUT2D eigenvalue weighted by atomic mass is 9.83. The number of hydroxylamine groups is 1. The predicted octanol–water partition coefficient (Wildman–Crippen LogP) is 2.36. The molecule has 10 heteroatoms. The Kier molecular flexibility index (Phi) is 6.12. The fourth-order valence-electron chi connectivity index (χ4n) is 2.57. The molecule has 0 radical (unpaired) electrons. The van der Waals surface area contributed by atoms with Crippen molar-refractivity contribution in [3.63, 3.8) is 0 Å². The molecule has 3 N–H and O–H groups in total. The van der Waals surface area contributed by atoms with Gasteiger partial charge in [-0.1, -0.05) is 42.4 Å². The minimum absolute atomic E-state index is 0.00862. The first-order chi connectivity index (χ1) is 12.6. The van der Waals surface area contributed by atoms with Crippen LogP contribution in [0.4, 0.5) is 0 Å². The predicted molar refractivity (Wildman–Crippen MR) is 97.7 cm³/mol. The Balaban J connectivity index is 1.68. The lowest BCUT2D eigenvalue weighted by Gasteiger charge is -2.28. The van der Waals surface area contributed by atoms with E-state index in [1.807, 2.05) is 18.2 Å². The van der Waals surface area contributed by atoms with E-state index in [0.29, 0.717) is 35.9 Å². The molecule has 1 unspecified atom stereocenters. The fraction of sp³-hybridized carbons (Fsp3) is 0.375. The van der Waals surface area contributed by atoms with Gasteiger partial charge in [0.1, 0.15) is 0 Å². The molecule has 1 aliphatic rings. The van der Waals surface area contributed by atoms with Crippen molar-refractivity contribution >= 4 is 35.1 Å². The molecule has 0 fully saturated rings. The lowest BCUT2D eigenvalue weighted by molar-refractivity contribution is -0.120. The molecule has 26 heavy (non-hydrogen) atoms. The molecule has 1 aliphatic carbocycles. The lowest BCUT2D eigenvalue weighted by Crippen LogP contribution is -2.26. The van der Waals surface area contributed by atoms with Gasteiger partial charge in [-0.3, -0.25) is 20.5 Å². The third-order valence-electron chi connectivity index (χ3n) is 3.97. The highest BCUT2D eigenvalue weighted by Gasteiger charge is 2.29. The average Bonchev–Trinajstić information content (AvgIpc) is 3.09. The van der Waals surface area contributed by atoms with Crippen LogP contribution in [0.25, 0.3) is 0 Å². The summed E-state index contributed by atoms with van der Waals surface area (Å²) in [5, 5.41) is 21.1. The van der Waals surface area contributed by atoms with E-state index in [4.69, 9.17) is 16.2 Å². The number of fused-ring (bicyclic) bond motifs is 1. The van der Waals surface area contributed by atoms with E-state index in [1.54, 1.807) is 6.92 Å². The second-order valence-electron chi connectivity index (χ2n) is 5.59. The standard InChI is InChI=1S/C16H18ClN5O3S/c1-2-13(23)18-6-7-26-16-14(21-25-22-16)15(20-24)19-12-8-10-9(12)4-3-5-11(10)17/h3-5,12,24H,2,6-8H2,1H3,(H,18,23)(H,19,20). The Hall–Kier alpha value is -2.10. The molecule has 3 rings (SSSR count). The van der Waals surface area contributed by atoms with Crippen molar-refractivity contribution in [3.05, 3.63) is 40.0 Å². The average molecular weight is 396 g/mol. The maximum Gasteiger partial charge on any atom is 0.219 e. The van der Waals surface area contributed by atoms with Crippen LogP contribution in [0, 0.1) is 0 Å². The molecule has 1 heterocycles. The molecule has 1 amide bonds. The van der Waals surface area contributed by atoms with Crippen molar-refractivity contribution in [2.24, 2.45) is 4.99 Å². The van der Waals surface area contributed by atoms with Crippen LogP contribution in [-0.4, -0.2) is 39.6 Å². The summed E-state index contributed by atoms with van der Waals surface area (Å²) in [6.07, 6.45) is 1.14. The number of aliphatic imine (C=N–C) groups is 1. The van der Waals surface area contributed by atoms with Crippen molar-refractivity contribution < 1.29 is 14.6 Å². The van der Waals surface area contributed by atoms with E-state index >= 15 is 0 Å². The molecule has 2 aromatic rings. The molecule has 0 spiro atoms. The zero-order valence-corrected chi connectivity index (χ0v) is 15.6. The third kappa shape index (κ3) is 4.00. The number of amides is 1. The normalized spacial score (nSPS) is 16.0. The van der Waals surface area contributed by atoms with Crippen LogP contribution in [0.15, 0.2) is 32.8 Å². The van der Waals surface area contributed by atoms with E-state index < -0.39 is 0 Å². The topological polar surface area (TPSA) is 113 Å². The number of benzene rings is 1. The molecule has 138 valence electrons. The van der Waals surface area contributed by atoms with Crippen LogP contribution in [-0.2, 0) is 11.2 Å². The number of thioether (sulfide) groups is 1. The molecule has 1 aromatic heterocycles. The Bertz CT molecular complexity index is 826. The molecule has 0 bridgehead atoms. The van der Waals surface area contributed by atoms with Gasteiger partial charge < -0.3 is 5.32 Å². The molecule has 1 atom stereocenters. The molecular weight excluding hydrogens is 378 g/mol. The summed E-state index contributed by atoms with van der Waals surface area (Å²) in [6.45, 7) is 2.29. The number of hydrogen-bond donors (Lipinski definition) is 3. The van der Waals surface area contributed by atoms with Gasteiger partial charge in [0.05, 0.1) is 6.04 Å². The van der Waals surface area contributed by atoms with Crippen LogP contribution >= 0.6 is 23.4 Å². The van der Waals surface area contributed by atoms with E-state index in [1.165, 1.54) is 11.8 Å².